The Morgan fingerprint density at radius 2 is 1.65 bits per heavy atom. The first-order valence-electron chi connectivity index (χ1n) is 12.6. The monoisotopic (exact) mass is 499 g/mol. The van der Waals surface area contributed by atoms with Crippen LogP contribution in [0.2, 0.25) is 0 Å². The number of nitrogens with one attached hydrogen (secondary N) is 2. The van der Waals surface area contributed by atoms with Crippen LogP contribution in [0.25, 0.3) is 0 Å². The van der Waals surface area contributed by atoms with Crippen LogP contribution in [-0.2, 0) is 9.53 Å². The topological polar surface area (TPSA) is 87.7 Å². The van der Waals surface area contributed by atoms with Gasteiger partial charge in [0.25, 0.3) is 11.8 Å². The summed E-state index contributed by atoms with van der Waals surface area (Å²) in [4.78, 5) is 40.9. The summed E-state index contributed by atoms with van der Waals surface area (Å²) < 4.78 is 5.77. The maximum Gasteiger partial charge on any atom is 0.255 e. The third-order valence-electron chi connectivity index (χ3n) is 6.72. The highest BCUT2D eigenvalue weighted by Crippen LogP contribution is 2.22. The fourth-order valence-electron chi connectivity index (χ4n) is 4.36. The summed E-state index contributed by atoms with van der Waals surface area (Å²) >= 11 is 0. The van der Waals surface area contributed by atoms with Crippen molar-refractivity contribution in [1.29, 1.82) is 0 Å². The first kappa shape index (κ1) is 26.1. The Morgan fingerprint density at radius 1 is 0.865 bits per heavy atom. The average Bonchev–Trinajstić information content (AvgIpc) is 3.41. The molecule has 0 aromatic heterocycles. The highest BCUT2D eigenvalue weighted by molar-refractivity contribution is 6.06. The lowest BCUT2D eigenvalue weighted by molar-refractivity contribution is -0.117. The van der Waals surface area contributed by atoms with Crippen molar-refractivity contribution in [2.75, 3.05) is 30.3 Å². The molecule has 0 radical (unpaired) electrons. The standard InChI is InChI=1S/C30H33N3O4/c1-20-9-7-13-26(22(20)3)31-28(34)19-33(18-25-12-8-16-37-25)30(36)24-15-14-21(2)27(17-24)32-29(35)23-10-5-4-6-11-23/h4-7,9-11,13-15,17,25H,8,12,16,18-19H2,1-3H3,(H,31,34)(H,32,35). The van der Waals surface area contributed by atoms with E-state index in [0.717, 1.165) is 35.2 Å². The lowest BCUT2D eigenvalue weighted by Crippen LogP contribution is -2.42. The number of rotatable bonds is 8. The van der Waals surface area contributed by atoms with Gasteiger partial charge in [0.05, 0.1) is 6.10 Å². The van der Waals surface area contributed by atoms with Crippen LogP contribution in [0, 0.1) is 20.8 Å². The number of carbonyl (C=O) groups excluding carboxylic acids is 3. The number of hydrogen-bond donors (Lipinski definition) is 2. The number of ether oxygens (including phenoxy) is 1. The Labute approximate surface area is 217 Å². The van der Waals surface area contributed by atoms with Gasteiger partial charge in [0.15, 0.2) is 0 Å². The quantitative estimate of drug-likeness (QED) is 0.450. The number of carbonyl (C=O) groups is 3. The molecule has 0 aliphatic carbocycles. The molecule has 1 fully saturated rings. The molecule has 7 heteroatoms. The van der Waals surface area contributed by atoms with E-state index in [9.17, 15) is 14.4 Å². The number of benzene rings is 3. The van der Waals surface area contributed by atoms with Gasteiger partial charge in [-0.05, 0) is 80.6 Å². The summed E-state index contributed by atoms with van der Waals surface area (Å²) in [6, 6.07) is 19.8. The van der Waals surface area contributed by atoms with Gasteiger partial charge in [-0.1, -0.05) is 36.4 Å². The highest BCUT2D eigenvalue weighted by Gasteiger charge is 2.26. The van der Waals surface area contributed by atoms with Crippen molar-refractivity contribution < 1.29 is 19.1 Å². The van der Waals surface area contributed by atoms with E-state index in [1.54, 1.807) is 42.5 Å². The second-order valence-electron chi connectivity index (χ2n) is 9.47. The first-order chi connectivity index (χ1) is 17.8. The summed E-state index contributed by atoms with van der Waals surface area (Å²) in [5, 5.41) is 5.85. The Hall–Kier alpha value is -3.97. The molecule has 1 unspecified atom stereocenters. The van der Waals surface area contributed by atoms with Gasteiger partial charge in [0, 0.05) is 35.7 Å². The van der Waals surface area contributed by atoms with Gasteiger partial charge in [-0.3, -0.25) is 14.4 Å². The molecule has 1 aliphatic heterocycles. The maximum absolute atomic E-state index is 13.6. The molecule has 37 heavy (non-hydrogen) atoms. The molecule has 1 aliphatic rings. The smallest absolute Gasteiger partial charge is 0.255 e. The second-order valence-corrected chi connectivity index (χ2v) is 9.47. The van der Waals surface area contributed by atoms with E-state index in [-0.39, 0.29) is 30.4 Å². The Morgan fingerprint density at radius 3 is 2.38 bits per heavy atom. The third-order valence-corrected chi connectivity index (χ3v) is 6.72. The van der Waals surface area contributed by atoms with Crippen LogP contribution < -0.4 is 10.6 Å². The predicted octanol–water partition coefficient (Wildman–Crippen LogP) is 5.12. The van der Waals surface area contributed by atoms with E-state index in [2.05, 4.69) is 10.6 Å². The SMILES string of the molecule is Cc1ccc(C(=O)N(CC(=O)Nc2cccc(C)c2C)CC2CCCO2)cc1NC(=O)c1ccccc1. The molecule has 192 valence electrons. The molecule has 2 N–H and O–H groups in total. The van der Waals surface area contributed by atoms with Crippen LogP contribution in [0.3, 0.4) is 0 Å². The summed E-state index contributed by atoms with van der Waals surface area (Å²) in [7, 11) is 0. The van der Waals surface area contributed by atoms with Gasteiger partial charge in [-0.2, -0.15) is 0 Å². The van der Waals surface area contributed by atoms with Crippen LogP contribution in [-0.4, -0.2) is 48.4 Å². The Balaban J connectivity index is 1.53. The Kier molecular flexibility index (Phi) is 8.36. The molecular weight excluding hydrogens is 466 g/mol. The number of amides is 3. The van der Waals surface area contributed by atoms with Crippen molar-refractivity contribution in [2.24, 2.45) is 0 Å². The third kappa shape index (κ3) is 6.62. The van der Waals surface area contributed by atoms with Crippen LogP contribution in [0.1, 0.15) is 50.2 Å². The molecule has 4 rings (SSSR count). The minimum atomic E-state index is -0.290. The van der Waals surface area contributed by atoms with Gasteiger partial charge >= 0.3 is 0 Å². The highest BCUT2D eigenvalue weighted by atomic mass is 16.5. The van der Waals surface area contributed by atoms with Crippen molar-refractivity contribution >= 4 is 29.1 Å². The molecule has 1 saturated heterocycles. The molecule has 0 saturated carbocycles. The van der Waals surface area contributed by atoms with E-state index in [1.807, 2.05) is 45.0 Å². The van der Waals surface area contributed by atoms with Crippen molar-refractivity contribution in [2.45, 2.75) is 39.7 Å². The zero-order valence-electron chi connectivity index (χ0n) is 21.5. The summed E-state index contributed by atoms with van der Waals surface area (Å²) in [5.41, 5.74) is 5.11. The average molecular weight is 500 g/mol. The number of nitrogens with zero attached hydrogens (tertiary/aromatic N) is 1. The van der Waals surface area contributed by atoms with E-state index in [0.29, 0.717) is 30.0 Å². The van der Waals surface area contributed by atoms with Gasteiger partial charge in [-0.25, -0.2) is 0 Å². The maximum atomic E-state index is 13.6. The van der Waals surface area contributed by atoms with Gasteiger partial charge < -0.3 is 20.3 Å². The molecule has 0 bridgehead atoms. The summed E-state index contributed by atoms with van der Waals surface area (Å²) in [6.45, 7) is 6.68. The van der Waals surface area contributed by atoms with E-state index in [1.165, 1.54) is 4.90 Å². The second kappa shape index (κ2) is 11.8. The fourth-order valence-corrected chi connectivity index (χ4v) is 4.36. The zero-order chi connectivity index (χ0) is 26.4. The van der Waals surface area contributed by atoms with E-state index >= 15 is 0 Å². The molecular formula is C30H33N3O4. The molecule has 0 spiro atoms. The largest absolute Gasteiger partial charge is 0.376 e. The summed E-state index contributed by atoms with van der Waals surface area (Å²) in [5.74, 6) is -0.816. The van der Waals surface area contributed by atoms with E-state index < -0.39 is 0 Å². The fraction of sp³-hybridized carbons (Fsp3) is 0.300. The molecule has 1 heterocycles. The molecule has 3 aromatic carbocycles. The van der Waals surface area contributed by atoms with Crippen molar-refractivity contribution in [3.63, 3.8) is 0 Å². The van der Waals surface area contributed by atoms with Crippen LogP contribution >= 0.6 is 0 Å². The lowest BCUT2D eigenvalue weighted by Gasteiger charge is -2.25. The van der Waals surface area contributed by atoms with Crippen LogP contribution in [0.4, 0.5) is 11.4 Å². The van der Waals surface area contributed by atoms with Crippen LogP contribution in [0.5, 0.6) is 0 Å². The summed E-state index contributed by atoms with van der Waals surface area (Å²) in [6.07, 6.45) is 1.66. The zero-order valence-corrected chi connectivity index (χ0v) is 21.5. The molecule has 3 amide bonds. The van der Waals surface area contributed by atoms with Crippen LogP contribution in [0.15, 0.2) is 66.7 Å². The van der Waals surface area contributed by atoms with Gasteiger partial charge in [0.1, 0.15) is 6.54 Å². The number of hydrogen-bond acceptors (Lipinski definition) is 4. The first-order valence-corrected chi connectivity index (χ1v) is 12.6. The predicted molar refractivity (Wildman–Crippen MR) is 145 cm³/mol. The molecule has 7 nitrogen and oxygen atoms in total. The van der Waals surface area contributed by atoms with Crippen molar-refractivity contribution in [3.8, 4) is 0 Å². The molecule has 1 atom stereocenters. The van der Waals surface area contributed by atoms with E-state index in [4.69, 9.17) is 4.74 Å². The number of aryl methyl sites for hydroxylation is 2. The minimum absolute atomic E-state index is 0.105. The van der Waals surface area contributed by atoms with Gasteiger partial charge in [-0.15, -0.1) is 0 Å². The normalized spacial score (nSPS) is 14.7. The van der Waals surface area contributed by atoms with Crippen molar-refractivity contribution in [1.82, 2.24) is 4.90 Å². The molecule has 3 aromatic rings. The van der Waals surface area contributed by atoms with Gasteiger partial charge in [0.2, 0.25) is 5.91 Å². The lowest BCUT2D eigenvalue weighted by atomic mass is 10.1. The Bertz CT molecular complexity index is 1280. The van der Waals surface area contributed by atoms with Crippen molar-refractivity contribution in [3.05, 3.63) is 94.5 Å². The number of anilines is 2. The minimum Gasteiger partial charge on any atom is -0.376 e.